The molecule has 162 valence electrons. The smallest absolute Gasteiger partial charge is 0.333 e. The van der Waals surface area contributed by atoms with Gasteiger partial charge in [0.15, 0.2) is 0 Å². The second-order valence-corrected chi connectivity index (χ2v) is 11.7. The number of epoxide rings is 1. The van der Waals surface area contributed by atoms with Crippen molar-refractivity contribution < 1.29 is 19.4 Å². The van der Waals surface area contributed by atoms with E-state index in [1.165, 1.54) is 12.8 Å². The van der Waals surface area contributed by atoms with Crippen LogP contribution in [0.3, 0.4) is 0 Å². The summed E-state index contributed by atoms with van der Waals surface area (Å²) < 4.78 is 12.5. The Bertz CT molecular complexity index is 750. The summed E-state index contributed by atoms with van der Waals surface area (Å²) in [6, 6.07) is 0. The summed E-state index contributed by atoms with van der Waals surface area (Å²) in [5.74, 6) is 1.44. The zero-order valence-electron chi connectivity index (χ0n) is 18.8. The van der Waals surface area contributed by atoms with E-state index in [1.54, 1.807) is 0 Å². The maximum absolute atomic E-state index is 12.8. The molecular weight excluding hydrogens is 364 g/mol. The van der Waals surface area contributed by atoms with Crippen molar-refractivity contribution in [2.75, 3.05) is 6.61 Å². The van der Waals surface area contributed by atoms with Crippen LogP contribution in [0.1, 0.15) is 79.6 Å². The van der Waals surface area contributed by atoms with Gasteiger partial charge < -0.3 is 14.6 Å². The fourth-order valence-corrected chi connectivity index (χ4v) is 8.77. The number of fused-ring (bicyclic) bond motifs is 4. The molecule has 0 aromatic carbocycles. The zero-order valence-corrected chi connectivity index (χ0v) is 18.8. The number of ether oxygens (including phenoxy) is 2. The number of aliphatic hydroxyl groups excluding tert-OH is 1. The lowest BCUT2D eigenvalue weighted by Gasteiger charge is -2.65. The SMILES string of the molecule is C/C=C(/C)C(=O)O[C@H]1C23CC[C@@H]4C(C)(C)[C@H](O)CC[C@@]4(C)[C@@H]2CC[C@@H](C3)[C@@]12CO2. The monoisotopic (exact) mass is 402 g/mol. The molecule has 8 atom stereocenters. The summed E-state index contributed by atoms with van der Waals surface area (Å²) in [6.07, 6.45) is 9.28. The van der Waals surface area contributed by atoms with Crippen LogP contribution in [0.5, 0.6) is 0 Å². The van der Waals surface area contributed by atoms with Crippen LogP contribution in [0.15, 0.2) is 11.6 Å². The number of esters is 1. The molecule has 1 saturated heterocycles. The molecule has 5 aliphatic rings. The highest BCUT2D eigenvalue weighted by atomic mass is 16.6. The van der Waals surface area contributed by atoms with Gasteiger partial charge >= 0.3 is 5.97 Å². The van der Waals surface area contributed by atoms with E-state index in [0.717, 1.165) is 38.7 Å². The maximum atomic E-state index is 12.8. The fourth-order valence-electron chi connectivity index (χ4n) is 8.77. The summed E-state index contributed by atoms with van der Waals surface area (Å²) >= 11 is 0. The van der Waals surface area contributed by atoms with E-state index >= 15 is 0 Å². The van der Waals surface area contributed by atoms with Crippen molar-refractivity contribution in [2.24, 2.45) is 34.0 Å². The molecular formula is C25H38O4. The predicted molar refractivity (Wildman–Crippen MR) is 111 cm³/mol. The van der Waals surface area contributed by atoms with Crippen LogP contribution < -0.4 is 0 Å². The van der Waals surface area contributed by atoms with Gasteiger partial charge in [-0.1, -0.05) is 26.8 Å². The average molecular weight is 403 g/mol. The molecule has 2 spiro atoms. The van der Waals surface area contributed by atoms with E-state index in [9.17, 15) is 9.90 Å². The van der Waals surface area contributed by atoms with Crippen LogP contribution >= 0.6 is 0 Å². The molecule has 1 unspecified atom stereocenters. The van der Waals surface area contributed by atoms with Crippen molar-refractivity contribution in [1.82, 2.24) is 0 Å². The molecule has 4 aliphatic carbocycles. The normalized spacial score (nSPS) is 52.6. The summed E-state index contributed by atoms with van der Waals surface area (Å²) in [6.45, 7) is 11.5. The molecule has 5 fully saturated rings. The lowest BCUT2D eigenvalue weighted by molar-refractivity contribution is -0.205. The van der Waals surface area contributed by atoms with Gasteiger partial charge in [0, 0.05) is 11.0 Å². The van der Waals surface area contributed by atoms with Gasteiger partial charge in [-0.3, -0.25) is 0 Å². The largest absolute Gasteiger partial charge is 0.455 e. The first kappa shape index (κ1) is 20.1. The van der Waals surface area contributed by atoms with E-state index < -0.39 is 0 Å². The fraction of sp³-hybridized carbons (Fsp3) is 0.880. The Morgan fingerprint density at radius 3 is 2.48 bits per heavy atom. The molecule has 5 rings (SSSR count). The van der Waals surface area contributed by atoms with Gasteiger partial charge in [0.05, 0.1) is 12.7 Å². The standard InChI is InChI=1S/C25H38O4/c1-6-15(2)20(27)29-21-24-12-9-17-22(3,4)19(26)10-11-23(17,5)18(24)8-7-16(13-24)25(21)14-28-25/h6,16-19,21,26H,7-14H2,1-5H3/b15-6-/t16-,17+,18-,19+,21-,23+,24?,25-/m0/s1. The number of carbonyl (C=O) groups excluding carboxylic acids is 1. The van der Waals surface area contributed by atoms with Crippen LogP contribution in [0.25, 0.3) is 0 Å². The van der Waals surface area contributed by atoms with Gasteiger partial charge in [-0.15, -0.1) is 0 Å². The number of allylic oxidation sites excluding steroid dienone is 1. The number of hydrogen-bond acceptors (Lipinski definition) is 4. The number of carbonyl (C=O) groups is 1. The minimum absolute atomic E-state index is 0.0483. The van der Waals surface area contributed by atoms with Gasteiger partial charge in [0.2, 0.25) is 0 Å². The van der Waals surface area contributed by atoms with Crippen LogP contribution in [-0.2, 0) is 14.3 Å². The third kappa shape index (κ3) is 2.42. The topological polar surface area (TPSA) is 59.1 Å². The third-order valence-electron chi connectivity index (χ3n) is 10.4. The van der Waals surface area contributed by atoms with Gasteiger partial charge in [-0.25, -0.2) is 4.79 Å². The van der Waals surface area contributed by atoms with Crippen molar-refractivity contribution in [3.8, 4) is 0 Å². The third-order valence-corrected chi connectivity index (χ3v) is 10.4. The highest BCUT2D eigenvalue weighted by Crippen LogP contribution is 2.75. The average Bonchev–Trinajstić information content (AvgIpc) is 3.46. The van der Waals surface area contributed by atoms with Crippen molar-refractivity contribution >= 4 is 5.97 Å². The van der Waals surface area contributed by atoms with Crippen LogP contribution in [0.2, 0.25) is 0 Å². The Morgan fingerprint density at radius 1 is 1.10 bits per heavy atom. The summed E-state index contributed by atoms with van der Waals surface area (Å²) in [7, 11) is 0. The number of aliphatic hydroxyl groups is 1. The van der Waals surface area contributed by atoms with Gasteiger partial charge in [-0.05, 0) is 87.4 Å². The highest BCUT2D eigenvalue weighted by molar-refractivity contribution is 5.87. The minimum atomic E-state index is -0.217. The Balaban J connectivity index is 1.54. The van der Waals surface area contributed by atoms with Crippen molar-refractivity contribution in [3.63, 3.8) is 0 Å². The highest BCUT2D eigenvalue weighted by Gasteiger charge is 2.77. The first-order valence-electron chi connectivity index (χ1n) is 11.8. The quantitative estimate of drug-likeness (QED) is 0.415. The summed E-state index contributed by atoms with van der Waals surface area (Å²) in [5.41, 5.74) is 0.674. The van der Waals surface area contributed by atoms with E-state index in [2.05, 4.69) is 20.8 Å². The molecule has 0 aromatic heterocycles. The molecule has 29 heavy (non-hydrogen) atoms. The zero-order chi connectivity index (χ0) is 20.8. The van der Waals surface area contributed by atoms with E-state index in [0.29, 0.717) is 23.3 Å². The molecule has 1 aliphatic heterocycles. The van der Waals surface area contributed by atoms with Crippen molar-refractivity contribution in [3.05, 3.63) is 11.6 Å². The maximum Gasteiger partial charge on any atom is 0.333 e. The Labute approximate surface area is 175 Å². The molecule has 4 heteroatoms. The second kappa shape index (κ2) is 6.09. The first-order valence-corrected chi connectivity index (χ1v) is 11.8. The molecule has 4 nitrogen and oxygen atoms in total. The number of hydrogen-bond donors (Lipinski definition) is 1. The lowest BCUT2D eigenvalue weighted by Crippen LogP contribution is -2.61. The first-order chi connectivity index (χ1) is 13.6. The predicted octanol–water partition coefficient (Wildman–Crippen LogP) is 4.65. The number of rotatable bonds is 2. The molecule has 1 heterocycles. The molecule has 0 radical (unpaired) electrons. The molecule has 0 aromatic rings. The molecule has 1 N–H and O–H groups in total. The second-order valence-electron chi connectivity index (χ2n) is 11.7. The van der Waals surface area contributed by atoms with Crippen molar-refractivity contribution in [2.45, 2.75) is 97.4 Å². The van der Waals surface area contributed by atoms with Crippen LogP contribution in [0.4, 0.5) is 0 Å². The van der Waals surface area contributed by atoms with Gasteiger partial charge in [0.1, 0.15) is 11.7 Å². The van der Waals surface area contributed by atoms with E-state index in [1.807, 2.05) is 19.9 Å². The van der Waals surface area contributed by atoms with Crippen molar-refractivity contribution in [1.29, 1.82) is 0 Å². The van der Waals surface area contributed by atoms with E-state index in [-0.39, 0.29) is 40.0 Å². The Kier molecular flexibility index (Phi) is 4.22. The molecule has 0 amide bonds. The molecule has 4 saturated carbocycles. The minimum Gasteiger partial charge on any atom is -0.455 e. The van der Waals surface area contributed by atoms with Gasteiger partial charge in [-0.2, -0.15) is 0 Å². The molecule has 2 bridgehead atoms. The van der Waals surface area contributed by atoms with Gasteiger partial charge in [0.25, 0.3) is 0 Å². The summed E-state index contributed by atoms with van der Waals surface area (Å²) in [5, 5.41) is 10.8. The Hall–Kier alpha value is -0.870. The van der Waals surface area contributed by atoms with E-state index in [4.69, 9.17) is 9.47 Å². The lowest BCUT2D eigenvalue weighted by atomic mass is 9.40. The summed E-state index contributed by atoms with van der Waals surface area (Å²) in [4.78, 5) is 12.8. The van der Waals surface area contributed by atoms with Crippen LogP contribution in [-0.4, -0.2) is 35.5 Å². The Morgan fingerprint density at radius 2 is 1.83 bits per heavy atom. The van der Waals surface area contributed by atoms with Crippen LogP contribution in [0, 0.1) is 34.0 Å².